The highest BCUT2D eigenvalue weighted by Gasteiger charge is 2.62. The molecule has 3 saturated carbocycles. The molecule has 0 nitrogen and oxygen atoms in total. The van der Waals surface area contributed by atoms with Crippen molar-refractivity contribution in [2.45, 2.75) is 118 Å². The smallest absolute Gasteiger partial charge is 0.0228 e. The second-order valence-electron chi connectivity index (χ2n) is 15.3. The summed E-state index contributed by atoms with van der Waals surface area (Å²) in [6.45, 7) is 18.1. The van der Waals surface area contributed by atoms with Crippen molar-refractivity contribution in [1.82, 2.24) is 0 Å². The number of thioether (sulfide) groups is 1. The molecule has 1 heteroatoms. The number of allylic oxidation sites excluding steroid dienone is 2. The van der Waals surface area contributed by atoms with E-state index < -0.39 is 0 Å². The average molecular weight is 521 g/mol. The molecule has 0 bridgehead atoms. The Bertz CT molecular complexity index is 943. The lowest BCUT2D eigenvalue weighted by Crippen LogP contribution is -2.56. The first-order chi connectivity index (χ1) is 17.6. The van der Waals surface area contributed by atoms with Gasteiger partial charge in [0.2, 0.25) is 0 Å². The number of fused-ring (bicyclic) bond motifs is 5. The molecule has 4 aliphatic carbocycles. The number of hydrogen-bond donors (Lipinski definition) is 0. The highest BCUT2D eigenvalue weighted by atomic mass is 32.2. The van der Waals surface area contributed by atoms with Gasteiger partial charge >= 0.3 is 0 Å². The van der Waals surface area contributed by atoms with Gasteiger partial charge in [-0.1, -0.05) is 104 Å². The van der Waals surface area contributed by atoms with E-state index in [0.717, 1.165) is 47.2 Å². The molecule has 206 valence electrons. The van der Waals surface area contributed by atoms with Crippen LogP contribution in [0.4, 0.5) is 0 Å². The minimum Gasteiger partial charge on any atom is -0.126 e. The monoisotopic (exact) mass is 520 g/mol. The Morgan fingerprint density at radius 1 is 0.838 bits per heavy atom. The van der Waals surface area contributed by atoms with Crippen LogP contribution >= 0.6 is 11.8 Å². The van der Waals surface area contributed by atoms with Crippen LogP contribution in [-0.4, -0.2) is 0 Å². The van der Waals surface area contributed by atoms with Crippen molar-refractivity contribution in [3.63, 3.8) is 0 Å². The molecule has 4 aliphatic rings. The lowest BCUT2D eigenvalue weighted by atomic mass is 9.42. The van der Waals surface area contributed by atoms with Gasteiger partial charge in [-0.2, -0.15) is 0 Å². The lowest BCUT2D eigenvalue weighted by Gasteiger charge is -2.63. The Kier molecular flexibility index (Phi) is 8.06. The van der Waals surface area contributed by atoms with Gasteiger partial charge in [0.25, 0.3) is 0 Å². The molecule has 0 aromatic heterocycles. The van der Waals surface area contributed by atoms with Gasteiger partial charge in [0, 0.05) is 5.75 Å². The zero-order valence-electron chi connectivity index (χ0n) is 25.2. The van der Waals surface area contributed by atoms with Gasteiger partial charge in [-0.3, -0.25) is 0 Å². The molecule has 1 aromatic rings. The topological polar surface area (TPSA) is 0 Å². The van der Waals surface area contributed by atoms with Crippen molar-refractivity contribution in [3.8, 4) is 0 Å². The summed E-state index contributed by atoms with van der Waals surface area (Å²) in [6, 6.07) is 11.1. The van der Waals surface area contributed by atoms with Crippen molar-refractivity contribution in [2.75, 3.05) is 0 Å². The van der Waals surface area contributed by atoms with Crippen LogP contribution in [0.1, 0.15) is 118 Å². The summed E-state index contributed by atoms with van der Waals surface area (Å²) in [4.78, 5) is 1.68. The normalized spacial score (nSPS) is 39.5. The zero-order valence-corrected chi connectivity index (χ0v) is 26.0. The molecule has 0 saturated heterocycles. The third-order valence-corrected chi connectivity index (χ3v) is 14.0. The summed E-state index contributed by atoms with van der Waals surface area (Å²) in [5.41, 5.74) is 2.87. The van der Waals surface area contributed by atoms with Gasteiger partial charge < -0.3 is 0 Å². The second kappa shape index (κ2) is 10.7. The van der Waals surface area contributed by atoms with Gasteiger partial charge in [0.15, 0.2) is 0 Å². The lowest BCUT2D eigenvalue weighted by molar-refractivity contribution is -0.123. The zero-order chi connectivity index (χ0) is 26.4. The van der Waals surface area contributed by atoms with Gasteiger partial charge in [-0.15, -0.1) is 11.8 Å². The Hall–Kier alpha value is -0.690. The average Bonchev–Trinajstić information content (AvgIpc) is 3.21. The maximum Gasteiger partial charge on any atom is 0.0228 e. The number of rotatable bonds is 8. The van der Waals surface area contributed by atoms with E-state index in [1.54, 1.807) is 4.91 Å². The summed E-state index contributed by atoms with van der Waals surface area (Å²) in [7, 11) is 0. The maximum atomic E-state index is 2.75. The van der Waals surface area contributed by atoms with Crippen LogP contribution in [0.25, 0.3) is 0 Å². The van der Waals surface area contributed by atoms with Crippen molar-refractivity contribution in [1.29, 1.82) is 0 Å². The summed E-state index contributed by atoms with van der Waals surface area (Å²) >= 11 is 2.13. The third-order valence-electron chi connectivity index (χ3n) is 12.5. The Labute approximate surface area is 234 Å². The van der Waals surface area contributed by atoms with Crippen LogP contribution in [-0.2, 0) is 5.75 Å². The first-order valence-electron chi connectivity index (χ1n) is 15.9. The van der Waals surface area contributed by atoms with Crippen LogP contribution in [0.5, 0.6) is 0 Å². The Balaban J connectivity index is 1.30. The Morgan fingerprint density at radius 2 is 1.57 bits per heavy atom. The minimum absolute atomic E-state index is 0.307. The molecule has 0 amide bonds. The van der Waals surface area contributed by atoms with E-state index >= 15 is 0 Å². The van der Waals surface area contributed by atoms with E-state index in [2.05, 4.69) is 96.6 Å². The van der Waals surface area contributed by atoms with Crippen molar-refractivity contribution in [3.05, 3.63) is 46.9 Å². The van der Waals surface area contributed by atoms with Gasteiger partial charge in [0.05, 0.1) is 0 Å². The fourth-order valence-electron chi connectivity index (χ4n) is 10.7. The van der Waals surface area contributed by atoms with Crippen LogP contribution in [0.3, 0.4) is 0 Å². The van der Waals surface area contributed by atoms with Crippen LogP contribution < -0.4 is 0 Å². The highest BCUT2D eigenvalue weighted by molar-refractivity contribution is 8.02. The predicted molar refractivity (Wildman–Crippen MR) is 163 cm³/mol. The minimum atomic E-state index is 0.307. The van der Waals surface area contributed by atoms with Crippen LogP contribution in [0.2, 0.25) is 0 Å². The first-order valence-corrected chi connectivity index (χ1v) is 16.9. The molecule has 8 atom stereocenters. The fraction of sp³-hybridized carbons (Fsp3) is 0.778. The molecule has 0 spiro atoms. The van der Waals surface area contributed by atoms with Crippen LogP contribution in [0, 0.1) is 57.7 Å². The van der Waals surface area contributed by atoms with E-state index in [1.165, 1.54) is 69.8 Å². The predicted octanol–water partition coefficient (Wildman–Crippen LogP) is 11.2. The van der Waals surface area contributed by atoms with Crippen molar-refractivity contribution < 1.29 is 0 Å². The molecule has 0 N–H and O–H groups in total. The molecule has 0 radical (unpaired) electrons. The molecule has 3 fully saturated rings. The third kappa shape index (κ3) is 5.02. The van der Waals surface area contributed by atoms with E-state index in [4.69, 9.17) is 0 Å². The maximum absolute atomic E-state index is 2.75. The molecule has 37 heavy (non-hydrogen) atoms. The quantitative estimate of drug-likeness (QED) is 0.328. The van der Waals surface area contributed by atoms with Gasteiger partial charge in [0.1, 0.15) is 0 Å². The molecule has 8 unspecified atom stereocenters. The van der Waals surface area contributed by atoms with Gasteiger partial charge in [-0.25, -0.2) is 0 Å². The molecular formula is C36H56S. The molecule has 0 heterocycles. The summed E-state index contributed by atoms with van der Waals surface area (Å²) < 4.78 is 0. The first kappa shape index (κ1) is 27.9. The SMILES string of the molecule is CC(C)CCCC(C)C1CCC2C3CCC4C(C)(C)C(SCc5ccccc5)=CCC4(C)C3CCC12C. The number of benzene rings is 1. The summed E-state index contributed by atoms with van der Waals surface area (Å²) in [6.07, 6.45) is 17.3. The largest absolute Gasteiger partial charge is 0.126 e. The summed E-state index contributed by atoms with van der Waals surface area (Å²) in [5, 5.41) is 0. The molecule has 1 aromatic carbocycles. The van der Waals surface area contributed by atoms with E-state index in [9.17, 15) is 0 Å². The fourth-order valence-corrected chi connectivity index (χ4v) is 11.9. The summed E-state index contributed by atoms with van der Waals surface area (Å²) in [5.74, 6) is 7.60. The second-order valence-corrected chi connectivity index (χ2v) is 16.3. The Morgan fingerprint density at radius 3 is 2.30 bits per heavy atom. The van der Waals surface area contributed by atoms with E-state index in [1.807, 2.05) is 0 Å². The standard InChI is InChI=1S/C36H56S/c1-25(2)12-11-13-26(3)29-17-18-30-28-16-19-32-34(4,5)33(37-24-27-14-9-8-10-15-27)21-23-36(32,7)31(28)20-22-35(29,30)6/h8-10,14-15,21,25-26,28-32H,11-13,16-20,22-24H2,1-7H3. The molecular weight excluding hydrogens is 464 g/mol. The van der Waals surface area contributed by atoms with E-state index in [0.29, 0.717) is 16.2 Å². The highest BCUT2D eigenvalue weighted by Crippen LogP contribution is 2.70. The van der Waals surface area contributed by atoms with Crippen molar-refractivity contribution in [2.24, 2.45) is 57.7 Å². The van der Waals surface area contributed by atoms with Gasteiger partial charge in [-0.05, 0) is 113 Å². The molecule has 5 rings (SSSR count). The molecule has 0 aliphatic heterocycles. The van der Waals surface area contributed by atoms with Crippen LogP contribution in [0.15, 0.2) is 41.3 Å². The van der Waals surface area contributed by atoms with E-state index in [-0.39, 0.29) is 0 Å². The van der Waals surface area contributed by atoms with Crippen molar-refractivity contribution >= 4 is 11.8 Å². The number of hydrogen-bond acceptors (Lipinski definition) is 1.